The summed E-state index contributed by atoms with van der Waals surface area (Å²) in [6.07, 6.45) is 1.49. The van der Waals surface area contributed by atoms with E-state index < -0.39 is 6.04 Å². The van der Waals surface area contributed by atoms with Crippen LogP contribution in [-0.4, -0.2) is 45.3 Å². The Hall–Kier alpha value is -2.71. The summed E-state index contributed by atoms with van der Waals surface area (Å²) in [5, 5.41) is 25.7. The Bertz CT molecular complexity index is 1110. The van der Waals surface area contributed by atoms with E-state index in [1.807, 2.05) is 6.92 Å². The van der Waals surface area contributed by atoms with Gasteiger partial charge in [-0.2, -0.15) is 0 Å². The lowest BCUT2D eigenvalue weighted by Gasteiger charge is -2.18. The van der Waals surface area contributed by atoms with E-state index in [9.17, 15) is 15.0 Å². The molecule has 4 N–H and O–H groups in total. The van der Waals surface area contributed by atoms with E-state index in [0.29, 0.717) is 32.8 Å². The minimum atomic E-state index is -0.584. The molecule has 1 heterocycles. The summed E-state index contributed by atoms with van der Waals surface area (Å²) in [6.45, 7) is 3.34. The van der Waals surface area contributed by atoms with Crippen molar-refractivity contribution in [1.82, 2.24) is 15.3 Å². The quantitative estimate of drug-likeness (QED) is 0.392. The number of hydrogen-bond donors (Lipinski definition) is 4. The minimum Gasteiger partial charge on any atom is -0.394 e. The number of aryl methyl sites for hydroxylation is 1. The Morgan fingerprint density at radius 2 is 1.91 bits per heavy atom. The van der Waals surface area contributed by atoms with Crippen LogP contribution in [0.15, 0.2) is 48.7 Å². The minimum absolute atomic E-state index is 0.0613. The summed E-state index contributed by atoms with van der Waals surface area (Å²) < 4.78 is 0. The van der Waals surface area contributed by atoms with Crippen LogP contribution in [0.1, 0.15) is 34.5 Å². The van der Waals surface area contributed by atoms with Crippen LogP contribution >= 0.6 is 23.2 Å². The predicted molar refractivity (Wildman–Crippen MR) is 126 cm³/mol. The lowest BCUT2D eigenvalue weighted by atomic mass is 10.0. The molecule has 168 valence electrons. The summed E-state index contributed by atoms with van der Waals surface area (Å²) in [4.78, 5) is 21.4. The molecule has 2 aromatic carbocycles. The SMILES string of the molecule is Cc1cc(C(=O)NC(CO)c2cccc(Cl)c2)ccc1-c1nc(NC(C)CO)ncc1Cl. The highest BCUT2D eigenvalue weighted by molar-refractivity contribution is 6.33. The van der Waals surface area contributed by atoms with Gasteiger partial charge in [-0.05, 0) is 49.2 Å². The molecule has 0 aliphatic heterocycles. The van der Waals surface area contributed by atoms with Gasteiger partial charge < -0.3 is 20.8 Å². The number of amides is 1. The van der Waals surface area contributed by atoms with Gasteiger partial charge in [-0.15, -0.1) is 0 Å². The summed E-state index contributed by atoms with van der Waals surface area (Å²) in [7, 11) is 0. The van der Waals surface area contributed by atoms with E-state index in [1.54, 1.807) is 49.4 Å². The molecule has 2 unspecified atom stereocenters. The first-order chi connectivity index (χ1) is 15.3. The van der Waals surface area contributed by atoms with Crippen LogP contribution in [0.5, 0.6) is 0 Å². The number of anilines is 1. The molecule has 3 aromatic rings. The molecule has 0 spiro atoms. The zero-order chi connectivity index (χ0) is 23.3. The van der Waals surface area contributed by atoms with Crippen LogP contribution in [0.2, 0.25) is 10.0 Å². The fourth-order valence-corrected chi connectivity index (χ4v) is 3.55. The van der Waals surface area contributed by atoms with E-state index in [2.05, 4.69) is 20.6 Å². The van der Waals surface area contributed by atoms with Gasteiger partial charge >= 0.3 is 0 Å². The summed E-state index contributed by atoms with van der Waals surface area (Å²) >= 11 is 12.3. The van der Waals surface area contributed by atoms with Crippen molar-refractivity contribution >= 4 is 35.1 Å². The molecule has 0 saturated heterocycles. The number of rotatable bonds is 8. The highest BCUT2D eigenvalue weighted by Crippen LogP contribution is 2.30. The summed E-state index contributed by atoms with van der Waals surface area (Å²) in [5.41, 5.74) is 3.21. The Labute approximate surface area is 196 Å². The van der Waals surface area contributed by atoms with E-state index in [0.717, 1.165) is 11.1 Å². The molecule has 3 rings (SSSR count). The second kappa shape index (κ2) is 10.7. The monoisotopic (exact) mass is 474 g/mol. The first-order valence-corrected chi connectivity index (χ1v) is 10.8. The number of benzene rings is 2. The maximum Gasteiger partial charge on any atom is 0.251 e. The Kier molecular flexibility index (Phi) is 8.04. The Morgan fingerprint density at radius 3 is 2.56 bits per heavy atom. The molecular formula is C23H24Cl2N4O3. The molecule has 7 nitrogen and oxygen atoms in total. The van der Waals surface area contributed by atoms with Gasteiger partial charge in [0.2, 0.25) is 5.95 Å². The Balaban J connectivity index is 1.83. The van der Waals surface area contributed by atoms with Gasteiger partial charge in [0.05, 0.1) is 36.2 Å². The molecule has 9 heteroatoms. The predicted octanol–water partition coefficient (Wildman–Crippen LogP) is 4.01. The standard InChI is InChI=1S/C23H24Cl2N4O3/c1-13-8-16(22(32)28-20(12-31)15-4-3-5-17(24)9-15)6-7-18(13)21-19(25)10-26-23(29-21)27-14(2)11-30/h3-10,14,20,30-31H,11-12H2,1-2H3,(H,28,32)(H,26,27,29). The number of aliphatic hydroxyl groups is 2. The molecule has 32 heavy (non-hydrogen) atoms. The average Bonchev–Trinajstić information content (AvgIpc) is 2.78. The van der Waals surface area contributed by atoms with E-state index in [4.69, 9.17) is 23.2 Å². The third kappa shape index (κ3) is 5.75. The third-order valence-electron chi connectivity index (χ3n) is 4.88. The number of nitrogens with one attached hydrogen (secondary N) is 2. The van der Waals surface area contributed by atoms with E-state index >= 15 is 0 Å². The average molecular weight is 475 g/mol. The number of aliphatic hydroxyl groups excluding tert-OH is 2. The number of carbonyl (C=O) groups is 1. The lowest BCUT2D eigenvalue weighted by Crippen LogP contribution is -2.30. The molecule has 2 atom stereocenters. The summed E-state index contributed by atoms with van der Waals surface area (Å²) in [5.74, 6) is 0.0195. The van der Waals surface area contributed by atoms with Crippen molar-refractivity contribution in [2.45, 2.75) is 25.9 Å². The van der Waals surface area contributed by atoms with Crippen LogP contribution < -0.4 is 10.6 Å². The van der Waals surface area contributed by atoms with Gasteiger partial charge in [-0.25, -0.2) is 9.97 Å². The Morgan fingerprint density at radius 1 is 1.12 bits per heavy atom. The van der Waals surface area contributed by atoms with Crippen LogP contribution in [-0.2, 0) is 0 Å². The first-order valence-electron chi connectivity index (χ1n) is 10.0. The topological polar surface area (TPSA) is 107 Å². The largest absolute Gasteiger partial charge is 0.394 e. The van der Waals surface area contributed by atoms with Gasteiger partial charge in [0.25, 0.3) is 5.91 Å². The smallest absolute Gasteiger partial charge is 0.251 e. The van der Waals surface area contributed by atoms with E-state index in [-0.39, 0.29) is 25.2 Å². The highest BCUT2D eigenvalue weighted by atomic mass is 35.5. The number of carbonyl (C=O) groups excluding carboxylic acids is 1. The molecular weight excluding hydrogens is 451 g/mol. The molecule has 0 radical (unpaired) electrons. The van der Waals surface area contributed by atoms with Crippen molar-refractivity contribution < 1.29 is 15.0 Å². The van der Waals surface area contributed by atoms with Gasteiger partial charge in [0.15, 0.2) is 0 Å². The van der Waals surface area contributed by atoms with Gasteiger partial charge in [0, 0.05) is 22.2 Å². The number of hydrogen-bond acceptors (Lipinski definition) is 6. The number of halogens is 2. The van der Waals surface area contributed by atoms with Crippen LogP contribution in [0.4, 0.5) is 5.95 Å². The fourth-order valence-electron chi connectivity index (χ4n) is 3.16. The zero-order valence-electron chi connectivity index (χ0n) is 17.6. The van der Waals surface area contributed by atoms with E-state index in [1.165, 1.54) is 6.20 Å². The van der Waals surface area contributed by atoms with Crippen molar-refractivity contribution in [1.29, 1.82) is 0 Å². The van der Waals surface area contributed by atoms with Crippen LogP contribution in [0.3, 0.4) is 0 Å². The van der Waals surface area contributed by atoms with Crippen molar-refractivity contribution in [3.05, 3.63) is 75.4 Å². The van der Waals surface area contributed by atoms with Crippen molar-refractivity contribution in [3.8, 4) is 11.3 Å². The molecule has 1 amide bonds. The maximum atomic E-state index is 12.8. The van der Waals surface area contributed by atoms with Gasteiger partial charge in [-0.3, -0.25) is 4.79 Å². The molecule has 0 aliphatic carbocycles. The second-order valence-electron chi connectivity index (χ2n) is 7.41. The third-order valence-corrected chi connectivity index (χ3v) is 5.39. The van der Waals surface area contributed by atoms with Gasteiger partial charge in [0.1, 0.15) is 0 Å². The lowest BCUT2D eigenvalue weighted by molar-refractivity contribution is 0.0916. The first kappa shape index (κ1) is 23.9. The zero-order valence-corrected chi connectivity index (χ0v) is 19.2. The summed E-state index contributed by atoms with van der Waals surface area (Å²) in [6, 6.07) is 11.4. The second-order valence-corrected chi connectivity index (χ2v) is 8.26. The molecule has 0 fully saturated rings. The number of aromatic nitrogens is 2. The normalized spacial score (nSPS) is 12.8. The van der Waals surface area contributed by atoms with Gasteiger partial charge in [-0.1, -0.05) is 41.4 Å². The molecule has 1 aromatic heterocycles. The highest BCUT2D eigenvalue weighted by Gasteiger charge is 2.18. The van der Waals surface area contributed by atoms with Crippen LogP contribution in [0.25, 0.3) is 11.3 Å². The van der Waals surface area contributed by atoms with Crippen molar-refractivity contribution in [2.24, 2.45) is 0 Å². The van der Waals surface area contributed by atoms with Crippen molar-refractivity contribution in [2.75, 3.05) is 18.5 Å². The molecule has 0 saturated carbocycles. The molecule has 0 aliphatic rings. The maximum absolute atomic E-state index is 12.8. The fraction of sp³-hybridized carbons (Fsp3) is 0.261. The molecule has 0 bridgehead atoms. The number of nitrogens with zero attached hydrogens (tertiary/aromatic N) is 2. The van der Waals surface area contributed by atoms with Crippen molar-refractivity contribution in [3.63, 3.8) is 0 Å². The van der Waals surface area contributed by atoms with Crippen LogP contribution in [0, 0.1) is 6.92 Å².